The molecule has 82 valence electrons. The van der Waals surface area contributed by atoms with Crippen LogP contribution in [0.5, 0.6) is 0 Å². The molecule has 0 radical (unpaired) electrons. The minimum atomic E-state index is -0.448. The van der Waals surface area contributed by atoms with E-state index in [9.17, 15) is 4.79 Å². The van der Waals surface area contributed by atoms with E-state index in [-0.39, 0.29) is 18.2 Å². The molecule has 4 nitrogen and oxygen atoms in total. The van der Waals surface area contributed by atoms with Crippen LogP contribution < -0.4 is 0 Å². The van der Waals surface area contributed by atoms with Gasteiger partial charge in [-0.3, -0.25) is 0 Å². The molecule has 0 aromatic heterocycles. The summed E-state index contributed by atoms with van der Waals surface area (Å²) >= 11 is 0. The molecule has 4 heteroatoms. The minimum absolute atomic E-state index is 0.0889. The van der Waals surface area contributed by atoms with Crippen LogP contribution in [0, 0.1) is 0 Å². The smallest absolute Gasteiger partial charge is 0.335 e. The van der Waals surface area contributed by atoms with Gasteiger partial charge in [0, 0.05) is 13.5 Å². The molecule has 1 aliphatic rings. The van der Waals surface area contributed by atoms with E-state index in [1.54, 1.807) is 7.11 Å². The second kappa shape index (κ2) is 5.32. The van der Waals surface area contributed by atoms with Gasteiger partial charge in [0.15, 0.2) is 6.10 Å². The van der Waals surface area contributed by atoms with E-state index in [2.05, 4.69) is 0 Å². The Morgan fingerprint density at radius 1 is 1.50 bits per heavy atom. The van der Waals surface area contributed by atoms with Crippen molar-refractivity contribution in [2.45, 2.75) is 45.0 Å². The van der Waals surface area contributed by atoms with Crippen LogP contribution in [0.4, 0.5) is 0 Å². The van der Waals surface area contributed by atoms with E-state index in [0.717, 1.165) is 6.42 Å². The molecule has 1 saturated heterocycles. The van der Waals surface area contributed by atoms with Gasteiger partial charge in [0.25, 0.3) is 0 Å². The predicted octanol–water partition coefficient (Wildman–Crippen LogP) is 1.13. The Morgan fingerprint density at radius 3 is 2.79 bits per heavy atom. The third-order valence-electron chi connectivity index (χ3n) is 2.18. The highest BCUT2D eigenvalue weighted by Gasteiger charge is 2.29. The highest BCUT2D eigenvalue weighted by Crippen LogP contribution is 2.17. The first kappa shape index (κ1) is 11.5. The van der Waals surface area contributed by atoms with Crippen LogP contribution in [0.1, 0.15) is 26.7 Å². The second-order valence-electron chi connectivity index (χ2n) is 3.73. The molecule has 1 rings (SSSR count). The largest absolute Gasteiger partial charge is 0.461 e. The Hall–Kier alpha value is -0.610. The first-order valence-corrected chi connectivity index (χ1v) is 4.98. The van der Waals surface area contributed by atoms with Crippen LogP contribution in [-0.2, 0) is 19.0 Å². The summed E-state index contributed by atoms with van der Waals surface area (Å²) in [5.41, 5.74) is 0. The summed E-state index contributed by atoms with van der Waals surface area (Å²) in [6.07, 6.45) is 1.03. The molecule has 1 fully saturated rings. The van der Waals surface area contributed by atoms with Crippen molar-refractivity contribution >= 4 is 5.97 Å². The predicted molar refractivity (Wildman–Crippen MR) is 51.0 cm³/mol. The standard InChI is InChI=1S/C10H18O4/c1-7(2)14-10(11)9-6-8(12-3)4-5-13-9/h7-9H,4-6H2,1-3H3/t8-,9+/m0/s1. The Bertz CT molecular complexity index is 191. The van der Waals surface area contributed by atoms with Crippen LogP contribution in [0.3, 0.4) is 0 Å². The average molecular weight is 202 g/mol. The van der Waals surface area contributed by atoms with E-state index in [0.29, 0.717) is 13.0 Å². The first-order valence-electron chi connectivity index (χ1n) is 4.98. The topological polar surface area (TPSA) is 44.8 Å². The lowest BCUT2D eigenvalue weighted by Crippen LogP contribution is -2.37. The molecule has 0 spiro atoms. The Labute approximate surface area is 84.5 Å². The monoisotopic (exact) mass is 202 g/mol. The van der Waals surface area contributed by atoms with Gasteiger partial charge < -0.3 is 14.2 Å². The van der Waals surface area contributed by atoms with Gasteiger partial charge in [-0.15, -0.1) is 0 Å². The van der Waals surface area contributed by atoms with Crippen molar-refractivity contribution < 1.29 is 19.0 Å². The Kier molecular flexibility index (Phi) is 4.35. The third-order valence-corrected chi connectivity index (χ3v) is 2.18. The van der Waals surface area contributed by atoms with Gasteiger partial charge in [0.1, 0.15) is 0 Å². The number of carbonyl (C=O) groups excluding carboxylic acids is 1. The van der Waals surface area contributed by atoms with Gasteiger partial charge >= 0.3 is 5.97 Å². The lowest BCUT2D eigenvalue weighted by molar-refractivity contribution is -0.168. The van der Waals surface area contributed by atoms with Gasteiger partial charge in [-0.1, -0.05) is 0 Å². The zero-order valence-electron chi connectivity index (χ0n) is 8.99. The maximum atomic E-state index is 11.5. The van der Waals surface area contributed by atoms with Gasteiger partial charge in [-0.2, -0.15) is 0 Å². The molecule has 2 atom stereocenters. The summed E-state index contributed by atoms with van der Waals surface area (Å²) < 4.78 is 15.6. The fourth-order valence-corrected chi connectivity index (χ4v) is 1.45. The van der Waals surface area contributed by atoms with Crippen LogP contribution >= 0.6 is 0 Å². The zero-order valence-corrected chi connectivity index (χ0v) is 8.99. The number of methoxy groups -OCH3 is 1. The van der Waals surface area contributed by atoms with Gasteiger partial charge in [-0.05, 0) is 20.3 Å². The Morgan fingerprint density at radius 2 is 2.21 bits per heavy atom. The van der Waals surface area contributed by atoms with Gasteiger partial charge in [0.2, 0.25) is 0 Å². The summed E-state index contributed by atoms with van der Waals surface area (Å²) in [5, 5.41) is 0. The van der Waals surface area contributed by atoms with E-state index >= 15 is 0 Å². The van der Waals surface area contributed by atoms with Crippen molar-refractivity contribution in [3.8, 4) is 0 Å². The summed E-state index contributed by atoms with van der Waals surface area (Å²) in [4.78, 5) is 11.5. The van der Waals surface area contributed by atoms with Crippen LogP contribution in [-0.4, -0.2) is 38.0 Å². The first-order chi connectivity index (χ1) is 6.63. The SMILES string of the molecule is CO[C@H]1CCO[C@@H](C(=O)OC(C)C)C1. The molecule has 0 unspecified atom stereocenters. The van der Waals surface area contributed by atoms with Crippen LogP contribution in [0.25, 0.3) is 0 Å². The molecule has 0 aromatic carbocycles. The number of hydrogen-bond acceptors (Lipinski definition) is 4. The van der Waals surface area contributed by atoms with Gasteiger partial charge in [-0.25, -0.2) is 4.79 Å². The molecular weight excluding hydrogens is 184 g/mol. The fourth-order valence-electron chi connectivity index (χ4n) is 1.45. The van der Waals surface area contributed by atoms with Gasteiger partial charge in [0.05, 0.1) is 18.8 Å². The number of carbonyl (C=O) groups is 1. The molecule has 0 aromatic rings. The number of hydrogen-bond donors (Lipinski definition) is 0. The summed E-state index contributed by atoms with van der Waals surface area (Å²) in [7, 11) is 1.65. The van der Waals surface area contributed by atoms with Crippen molar-refractivity contribution in [2.24, 2.45) is 0 Å². The van der Waals surface area contributed by atoms with Crippen molar-refractivity contribution in [3.63, 3.8) is 0 Å². The quantitative estimate of drug-likeness (QED) is 0.643. The molecule has 1 aliphatic heterocycles. The third kappa shape index (κ3) is 3.27. The number of ether oxygens (including phenoxy) is 3. The highest BCUT2D eigenvalue weighted by molar-refractivity contribution is 5.75. The van der Waals surface area contributed by atoms with E-state index in [4.69, 9.17) is 14.2 Å². The molecule has 0 N–H and O–H groups in total. The number of esters is 1. The maximum absolute atomic E-state index is 11.5. The molecule has 0 bridgehead atoms. The van der Waals surface area contributed by atoms with Crippen molar-refractivity contribution in [1.82, 2.24) is 0 Å². The van der Waals surface area contributed by atoms with E-state index in [1.807, 2.05) is 13.8 Å². The van der Waals surface area contributed by atoms with Crippen molar-refractivity contribution in [2.75, 3.05) is 13.7 Å². The molecule has 1 heterocycles. The summed E-state index contributed by atoms with van der Waals surface area (Å²) in [6, 6.07) is 0. The lowest BCUT2D eigenvalue weighted by atomic mass is 10.1. The number of rotatable bonds is 3. The molecular formula is C10H18O4. The average Bonchev–Trinajstić information content (AvgIpc) is 2.17. The van der Waals surface area contributed by atoms with Crippen LogP contribution in [0.2, 0.25) is 0 Å². The Balaban J connectivity index is 2.39. The zero-order chi connectivity index (χ0) is 10.6. The van der Waals surface area contributed by atoms with E-state index < -0.39 is 6.10 Å². The molecule has 0 saturated carbocycles. The van der Waals surface area contributed by atoms with E-state index in [1.165, 1.54) is 0 Å². The van der Waals surface area contributed by atoms with Crippen molar-refractivity contribution in [1.29, 1.82) is 0 Å². The fraction of sp³-hybridized carbons (Fsp3) is 0.900. The van der Waals surface area contributed by atoms with Crippen molar-refractivity contribution in [3.05, 3.63) is 0 Å². The highest BCUT2D eigenvalue weighted by atomic mass is 16.6. The summed E-state index contributed by atoms with van der Waals surface area (Å²) in [5.74, 6) is -0.276. The van der Waals surface area contributed by atoms with Crippen LogP contribution in [0.15, 0.2) is 0 Å². The lowest BCUT2D eigenvalue weighted by Gasteiger charge is -2.27. The summed E-state index contributed by atoms with van der Waals surface area (Å²) in [6.45, 7) is 4.22. The molecule has 0 aliphatic carbocycles. The second-order valence-corrected chi connectivity index (χ2v) is 3.73. The maximum Gasteiger partial charge on any atom is 0.335 e. The molecule has 14 heavy (non-hydrogen) atoms. The normalized spacial score (nSPS) is 27.7. The molecule has 0 amide bonds. The minimum Gasteiger partial charge on any atom is -0.461 e.